The molecular weight excluding hydrogens is 681 g/mol. The molecule has 51 heavy (non-hydrogen) atoms. The van der Waals surface area contributed by atoms with Crippen molar-refractivity contribution >= 4 is 11.8 Å². The molecule has 1 saturated heterocycles. The number of hydrogen-bond donors (Lipinski definition) is 0. The first-order valence-electron chi connectivity index (χ1n) is 17.1. The minimum atomic E-state index is -4.39. The molecule has 266 valence electrons. The quantitative estimate of drug-likeness (QED) is 0.0863. The van der Waals surface area contributed by atoms with Crippen molar-refractivity contribution in [3.8, 4) is 11.1 Å². The highest BCUT2D eigenvalue weighted by Gasteiger charge is 2.30. The number of ether oxygens (including phenoxy) is 1. The lowest BCUT2D eigenvalue weighted by molar-refractivity contribution is -0.137. The molecule has 0 unspecified atom stereocenters. The summed E-state index contributed by atoms with van der Waals surface area (Å²) in [4.78, 5) is 19.9. The van der Waals surface area contributed by atoms with Crippen LogP contribution in [0.2, 0.25) is 0 Å². The minimum absolute atomic E-state index is 0.0813. The second-order valence-corrected chi connectivity index (χ2v) is 14.3. The van der Waals surface area contributed by atoms with E-state index in [-0.39, 0.29) is 23.6 Å². The van der Waals surface area contributed by atoms with Gasteiger partial charge < -0.3 is 13.9 Å². The summed E-state index contributed by atoms with van der Waals surface area (Å²) in [5.41, 5.74) is 4.22. The maximum absolute atomic E-state index is 13.6. The lowest BCUT2D eigenvalue weighted by Crippen LogP contribution is -2.45. The van der Waals surface area contributed by atoms with Gasteiger partial charge in [0, 0.05) is 30.1 Å². The Morgan fingerprint density at radius 2 is 1.39 bits per heavy atom. The van der Waals surface area contributed by atoms with Gasteiger partial charge in [0.05, 0.1) is 37.4 Å². The van der Waals surface area contributed by atoms with Crippen molar-refractivity contribution < 1.29 is 22.3 Å². The maximum Gasteiger partial charge on any atom is 0.416 e. The van der Waals surface area contributed by atoms with Crippen molar-refractivity contribution in [2.45, 2.75) is 82.0 Å². The van der Waals surface area contributed by atoms with Crippen LogP contribution >= 0.6 is 11.8 Å². The summed E-state index contributed by atoms with van der Waals surface area (Å²) in [7, 11) is 0. The molecule has 0 amide bonds. The molecule has 0 radical (unpaired) electrons. The molecule has 0 saturated carbocycles. The second-order valence-electron chi connectivity index (χ2n) is 13.3. The Kier molecular flexibility index (Phi) is 10.1. The molecule has 8 nitrogen and oxygen atoms in total. The molecule has 0 N–H and O–H groups in total. The number of hydrogen-bond acceptors (Lipinski definition) is 7. The molecule has 1 aliphatic carbocycles. The van der Waals surface area contributed by atoms with Crippen LogP contribution in [-0.2, 0) is 49.1 Å². The minimum Gasteiger partial charge on any atom is -0.373 e. The standard InChI is InChI=1S/C38H38F4N6O2S/c1-24-18-46(19-25(2)50-24)21-34-44-45-35(48(34)20-26-6-10-28(11-7-26)29-12-14-30(15-13-29)38(40,41)42)22-47-33-5-3-4-32(33)36(49)43-37(47)51-23-27-8-16-31(39)17-9-27/h6-17,24-25H,3-5,18-23H2,1-2H3/t24-,25+. The number of morpholine rings is 1. The van der Waals surface area contributed by atoms with E-state index < -0.39 is 11.7 Å². The molecule has 2 aromatic heterocycles. The fraction of sp³-hybridized carbons (Fsp3) is 0.368. The van der Waals surface area contributed by atoms with Crippen molar-refractivity contribution in [2.24, 2.45) is 0 Å². The van der Waals surface area contributed by atoms with Crippen LogP contribution in [0.1, 0.15) is 59.9 Å². The monoisotopic (exact) mass is 718 g/mol. The number of fused-ring (bicyclic) bond motifs is 1. The Morgan fingerprint density at radius 3 is 2.04 bits per heavy atom. The first-order chi connectivity index (χ1) is 24.5. The van der Waals surface area contributed by atoms with E-state index in [1.54, 1.807) is 12.1 Å². The van der Waals surface area contributed by atoms with Gasteiger partial charge in [0.2, 0.25) is 0 Å². The smallest absolute Gasteiger partial charge is 0.373 e. The van der Waals surface area contributed by atoms with Gasteiger partial charge in [0.15, 0.2) is 11.0 Å². The number of benzene rings is 3. The van der Waals surface area contributed by atoms with E-state index >= 15 is 0 Å². The number of alkyl halides is 3. The van der Waals surface area contributed by atoms with E-state index in [1.807, 2.05) is 24.3 Å². The SMILES string of the molecule is C[C@@H]1CN(Cc2nnc(Cn3c(SCc4ccc(F)cc4)nc(=O)c4c3CCC4)n2Cc2ccc(-c3ccc(C(F)(F)F)cc3)cc2)C[C@H](C)O1. The summed E-state index contributed by atoms with van der Waals surface area (Å²) >= 11 is 1.44. The molecule has 3 heterocycles. The second kappa shape index (κ2) is 14.7. The molecule has 0 bridgehead atoms. The average molecular weight is 719 g/mol. The Hall–Kier alpha value is -4.33. The largest absolute Gasteiger partial charge is 0.416 e. The first-order valence-corrected chi connectivity index (χ1v) is 18.0. The van der Waals surface area contributed by atoms with Crippen molar-refractivity contribution in [1.82, 2.24) is 29.2 Å². The zero-order chi connectivity index (χ0) is 35.7. The molecule has 2 atom stereocenters. The average Bonchev–Trinajstić information content (AvgIpc) is 3.74. The van der Waals surface area contributed by atoms with E-state index in [4.69, 9.17) is 9.84 Å². The summed E-state index contributed by atoms with van der Waals surface area (Å²) in [6.07, 6.45) is -1.92. The van der Waals surface area contributed by atoms with Crippen LogP contribution in [0, 0.1) is 5.82 Å². The van der Waals surface area contributed by atoms with Crippen LogP contribution < -0.4 is 5.56 Å². The maximum atomic E-state index is 13.6. The highest BCUT2D eigenvalue weighted by atomic mass is 32.2. The third kappa shape index (κ3) is 8.10. The predicted molar refractivity (Wildman–Crippen MR) is 187 cm³/mol. The van der Waals surface area contributed by atoms with Crippen LogP contribution in [0.4, 0.5) is 17.6 Å². The van der Waals surface area contributed by atoms with Crippen molar-refractivity contribution in [1.29, 1.82) is 0 Å². The number of nitrogens with zero attached hydrogens (tertiary/aromatic N) is 6. The Labute approximate surface area is 297 Å². The molecule has 3 aromatic carbocycles. The van der Waals surface area contributed by atoms with E-state index in [1.165, 1.54) is 36.0 Å². The molecule has 5 aromatic rings. The summed E-state index contributed by atoms with van der Waals surface area (Å²) in [5.74, 6) is 1.72. The van der Waals surface area contributed by atoms with E-state index in [0.29, 0.717) is 48.4 Å². The van der Waals surface area contributed by atoms with Gasteiger partial charge in [-0.25, -0.2) is 4.39 Å². The number of rotatable bonds is 10. The van der Waals surface area contributed by atoms with Gasteiger partial charge in [0.25, 0.3) is 5.56 Å². The van der Waals surface area contributed by atoms with Crippen LogP contribution in [0.3, 0.4) is 0 Å². The summed E-state index contributed by atoms with van der Waals surface area (Å²) in [5, 5.41) is 9.98. The number of halogens is 4. The molecule has 2 aliphatic rings. The van der Waals surface area contributed by atoms with Crippen molar-refractivity contribution in [3.05, 3.63) is 129 Å². The fourth-order valence-electron chi connectivity index (χ4n) is 6.97. The van der Waals surface area contributed by atoms with Crippen LogP contribution in [0.5, 0.6) is 0 Å². The van der Waals surface area contributed by atoms with Gasteiger partial charge in [-0.15, -0.1) is 10.2 Å². The highest BCUT2D eigenvalue weighted by Crippen LogP contribution is 2.32. The fourth-order valence-corrected chi connectivity index (χ4v) is 7.93. The van der Waals surface area contributed by atoms with Crippen molar-refractivity contribution in [3.63, 3.8) is 0 Å². The molecule has 0 spiro atoms. The zero-order valence-corrected chi connectivity index (χ0v) is 29.2. The van der Waals surface area contributed by atoms with Gasteiger partial charge in [-0.1, -0.05) is 60.3 Å². The third-order valence-corrected chi connectivity index (χ3v) is 10.4. The van der Waals surface area contributed by atoms with Crippen LogP contribution in [0.15, 0.2) is 82.7 Å². The Bertz CT molecular complexity index is 2040. The van der Waals surface area contributed by atoms with E-state index in [0.717, 1.165) is 71.8 Å². The first kappa shape index (κ1) is 35.1. The van der Waals surface area contributed by atoms with Crippen LogP contribution in [0.25, 0.3) is 11.1 Å². The number of aromatic nitrogens is 5. The number of thioether (sulfide) groups is 1. The molecule has 1 aliphatic heterocycles. The predicted octanol–water partition coefficient (Wildman–Crippen LogP) is 7.15. The zero-order valence-electron chi connectivity index (χ0n) is 28.4. The highest BCUT2D eigenvalue weighted by molar-refractivity contribution is 7.98. The van der Waals surface area contributed by atoms with Gasteiger partial charge in [-0.2, -0.15) is 18.2 Å². The summed E-state index contributed by atoms with van der Waals surface area (Å²) in [6, 6.07) is 19.3. The van der Waals surface area contributed by atoms with Gasteiger partial charge >= 0.3 is 6.18 Å². The van der Waals surface area contributed by atoms with Gasteiger partial charge in [0.1, 0.15) is 11.6 Å². The van der Waals surface area contributed by atoms with E-state index in [9.17, 15) is 22.4 Å². The van der Waals surface area contributed by atoms with Crippen molar-refractivity contribution in [2.75, 3.05) is 13.1 Å². The molecule has 7 rings (SSSR count). The third-order valence-electron chi connectivity index (χ3n) is 9.39. The van der Waals surface area contributed by atoms with Crippen LogP contribution in [-0.4, -0.2) is 54.5 Å². The topological polar surface area (TPSA) is 78.1 Å². The van der Waals surface area contributed by atoms with Gasteiger partial charge in [-0.05, 0) is 79.6 Å². The summed E-state index contributed by atoms with van der Waals surface area (Å²) < 4.78 is 63.1. The molecule has 1 fully saturated rings. The normalized spacial score (nSPS) is 17.9. The Balaban J connectivity index is 1.20. The summed E-state index contributed by atoms with van der Waals surface area (Å²) in [6.45, 7) is 7.03. The molecular formula is C38H38F4N6O2S. The van der Waals surface area contributed by atoms with Gasteiger partial charge in [-0.3, -0.25) is 9.69 Å². The molecule has 13 heteroatoms. The lowest BCUT2D eigenvalue weighted by Gasteiger charge is -2.35. The van der Waals surface area contributed by atoms with E-state index in [2.05, 4.69) is 38.0 Å². The lowest BCUT2D eigenvalue weighted by atomic mass is 10.0. The Morgan fingerprint density at radius 1 is 0.784 bits per heavy atom.